The van der Waals surface area contributed by atoms with E-state index >= 15 is 0 Å². The lowest BCUT2D eigenvalue weighted by molar-refractivity contribution is -0.143. The Balaban J connectivity index is 1.53. The Labute approximate surface area is 225 Å². The number of nitrogens with one attached hydrogen (secondary N) is 1. The summed E-state index contributed by atoms with van der Waals surface area (Å²) in [5.74, 6) is -0.648. The molecule has 1 aromatic heterocycles. The van der Waals surface area contributed by atoms with Crippen LogP contribution in [0, 0.1) is 5.92 Å². The zero-order valence-electron chi connectivity index (χ0n) is 21.6. The van der Waals surface area contributed by atoms with Crippen molar-refractivity contribution in [3.05, 3.63) is 141 Å². The molecular formula is C31H30N2O6. The van der Waals surface area contributed by atoms with Crippen molar-refractivity contribution < 1.29 is 19.0 Å². The molecule has 0 saturated carbocycles. The lowest BCUT2D eigenvalue weighted by Crippen LogP contribution is -2.37. The van der Waals surface area contributed by atoms with Crippen molar-refractivity contribution in [3.63, 3.8) is 0 Å². The molecule has 5 rings (SSSR count). The van der Waals surface area contributed by atoms with Crippen molar-refractivity contribution in [2.75, 3.05) is 13.7 Å². The molecule has 1 fully saturated rings. The summed E-state index contributed by atoms with van der Waals surface area (Å²) in [6, 6.07) is 31.2. The van der Waals surface area contributed by atoms with Crippen LogP contribution in [0.1, 0.15) is 35.8 Å². The van der Waals surface area contributed by atoms with Crippen LogP contribution in [0.25, 0.3) is 0 Å². The van der Waals surface area contributed by atoms with Gasteiger partial charge in [0, 0.05) is 18.2 Å². The number of methoxy groups -OCH3 is 1. The molecule has 0 unspecified atom stereocenters. The topological polar surface area (TPSA) is 99.6 Å². The quantitative estimate of drug-likeness (QED) is 0.261. The van der Waals surface area contributed by atoms with Crippen molar-refractivity contribution in [1.82, 2.24) is 9.55 Å². The van der Waals surface area contributed by atoms with Gasteiger partial charge in [-0.15, -0.1) is 0 Å². The summed E-state index contributed by atoms with van der Waals surface area (Å²) in [4.78, 5) is 38.7. The van der Waals surface area contributed by atoms with Gasteiger partial charge in [0.05, 0.1) is 26.2 Å². The first-order chi connectivity index (χ1) is 19.0. The minimum absolute atomic E-state index is 0.105. The van der Waals surface area contributed by atoms with Crippen LogP contribution in [0.15, 0.2) is 113 Å². The molecule has 0 spiro atoms. The maximum Gasteiger partial charge on any atom is 0.330 e. The van der Waals surface area contributed by atoms with Gasteiger partial charge in [-0.3, -0.25) is 19.1 Å². The van der Waals surface area contributed by atoms with Gasteiger partial charge in [-0.2, -0.15) is 0 Å². The van der Waals surface area contributed by atoms with Gasteiger partial charge < -0.3 is 14.2 Å². The van der Waals surface area contributed by atoms with E-state index < -0.39 is 29.2 Å². The number of aromatic amines is 1. The fourth-order valence-electron chi connectivity index (χ4n) is 5.28. The summed E-state index contributed by atoms with van der Waals surface area (Å²) < 4.78 is 19.5. The van der Waals surface area contributed by atoms with E-state index in [1.807, 2.05) is 91.0 Å². The van der Waals surface area contributed by atoms with Gasteiger partial charge in [0.15, 0.2) is 0 Å². The highest BCUT2D eigenvalue weighted by Gasteiger charge is 2.43. The highest BCUT2D eigenvalue weighted by Crippen LogP contribution is 2.42. The number of carbonyl (C=O) groups is 1. The predicted octanol–water partition coefficient (Wildman–Crippen LogP) is 4.01. The van der Waals surface area contributed by atoms with E-state index in [1.54, 1.807) is 0 Å². The predicted molar refractivity (Wildman–Crippen MR) is 145 cm³/mol. The molecule has 2 heterocycles. The number of benzene rings is 3. The number of hydrogen-bond donors (Lipinski definition) is 1. The monoisotopic (exact) mass is 526 g/mol. The Hall–Kier alpha value is -4.27. The summed E-state index contributed by atoms with van der Waals surface area (Å²) in [6.45, 7) is 0.134. The lowest BCUT2D eigenvalue weighted by Gasteiger charge is -2.37. The fraction of sp³-hybridized carbons (Fsp3) is 0.258. The Bertz CT molecular complexity index is 1400. The number of esters is 1. The average Bonchev–Trinajstić information content (AvgIpc) is 3.37. The molecule has 1 saturated heterocycles. The number of H-pyrrole nitrogens is 1. The number of nitrogens with zero attached hydrogens (tertiary/aromatic N) is 1. The zero-order valence-corrected chi connectivity index (χ0v) is 21.6. The molecule has 8 heteroatoms. The molecule has 0 bridgehead atoms. The Morgan fingerprint density at radius 2 is 1.44 bits per heavy atom. The first kappa shape index (κ1) is 26.3. The Morgan fingerprint density at radius 3 is 1.92 bits per heavy atom. The minimum Gasteiger partial charge on any atom is -0.469 e. The van der Waals surface area contributed by atoms with Crippen LogP contribution in [0.4, 0.5) is 0 Å². The highest BCUT2D eigenvalue weighted by atomic mass is 16.6. The summed E-state index contributed by atoms with van der Waals surface area (Å²) in [6.07, 6.45) is 0.700. The SMILES string of the molecule is COC(=O)C[C@H]1C[C@H](n2ccc(=O)[nH]c2=O)O[C@@H]1COC(c1ccccc1)(c1ccccc1)c1ccccc1. The van der Waals surface area contributed by atoms with E-state index in [9.17, 15) is 14.4 Å². The van der Waals surface area contributed by atoms with Crippen LogP contribution in [0.2, 0.25) is 0 Å². The normalized spacial score (nSPS) is 19.1. The minimum atomic E-state index is -0.962. The van der Waals surface area contributed by atoms with E-state index in [4.69, 9.17) is 14.2 Å². The zero-order chi connectivity index (χ0) is 27.2. The van der Waals surface area contributed by atoms with Crippen LogP contribution in [-0.4, -0.2) is 35.3 Å². The summed E-state index contributed by atoms with van der Waals surface area (Å²) in [7, 11) is 1.35. The van der Waals surface area contributed by atoms with E-state index in [2.05, 4.69) is 4.98 Å². The molecule has 1 N–H and O–H groups in total. The molecule has 3 atom stereocenters. The molecule has 0 amide bonds. The van der Waals surface area contributed by atoms with Gasteiger partial charge in [0.1, 0.15) is 11.8 Å². The number of hydrogen-bond acceptors (Lipinski definition) is 6. The molecule has 4 aromatic rings. The lowest BCUT2D eigenvalue weighted by atomic mass is 9.80. The van der Waals surface area contributed by atoms with Crippen molar-refractivity contribution >= 4 is 5.97 Å². The van der Waals surface area contributed by atoms with Crippen LogP contribution < -0.4 is 11.2 Å². The van der Waals surface area contributed by atoms with E-state index in [0.717, 1.165) is 16.7 Å². The molecule has 8 nitrogen and oxygen atoms in total. The van der Waals surface area contributed by atoms with E-state index in [0.29, 0.717) is 6.42 Å². The molecular weight excluding hydrogens is 496 g/mol. The second-order valence-corrected chi connectivity index (χ2v) is 9.51. The first-order valence-electron chi connectivity index (χ1n) is 12.9. The Morgan fingerprint density at radius 1 is 0.897 bits per heavy atom. The van der Waals surface area contributed by atoms with Crippen LogP contribution in [-0.2, 0) is 24.6 Å². The largest absolute Gasteiger partial charge is 0.469 e. The third-order valence-electron chi connectivity index (χ3n) is 7.19. The molecule has 39 heavy (non-hydrogen) atoms. The number of rotatable bonds is 9. The molecule has 0 radical (unpaired) electrons. The third-order valence-corrected chi connectivity index (χ3v) is 7.19. The van der Waals surface area contributed by atoms with Gasteiger partial charge in [0.2, 0.25) is 0 Å². The van der Waals surface area contributed by atoms with Crippen molar-refractivity contribution in [1.29, 1.82) is 0 Å². The fourth-order valence-corrected chi connectivity index (χ4v) is 5.28. The van der Waals surface area contributed by atoms with Gasteiger partial charge >= 0.3 is 11.7 Å². The van der Waals surface area contributed by atoms with Crippen LogP contribution in [0.5, 0.6) is 0 Å². The van der Waals surface area contributed by atoms with Gasteiger partial charge in [-0.25, -0.2) is 4.79 Å². The molecule has 1 aliphatic rings. The van der Waals surface area contributed by atoms with Gasteiger partial charge in [0.25, 0.3) is 5.56 Å². The second kappa shape index (κ2) is 11.6. The third kappa shape index (κ3) is 5.48. The standard InChI is InChI=1S/C31H30N2O6/c1-37-29(35)20-22-19-28(33-18-17-27(34)32-30(33)36)39-26(22)21-38-31(23-11-5-2-6-12-23,24-13-7-3-8-14-24)25-15-9-4-10-16-25/h2-18,22,26,28H,19-21H2,1H3,(H,32,34,36)/t22-,26-,28-/m1/s1. The maximum atomic E-state index is 12.5. The molecule has 0 aliphatic carbocycles. The maximum absolute atomic E-state index is 12.5. The average molecular weight is 527 g/mol. The first-order valence-corrected chi connectivity index (χ1v) is 12.9. The summed E-state index contributed by atoms with van der Waals surface area (Å²) >= 11 is 0. The number of carbonyl (C=O) groups excluding carboxylic acids is 1. The smallest absolute Gasteiger partial charge is 0.330 e. The van der Waals surface area contributed by atoms with Crippen molar-refractivity contribution in [3.8, 4) is 0 Å². The highest BCUT2D eigenvalue weighted by molar-refractivity contribution is 5.69. The molecule has 3 aromatic carbocycles. The molecule has 200 valence electrons. The van der Waals surface area contributed by atoms with Gasteiger partial charge in [-0.05, 0) is 23.1 Å². The van der Waals surface area contributed by atoms with Gasteiger partial charge in [-0.1, -0.05) is 91.0 Å². The summed E-state index contributed by atoms with van der Waals surface area (Å²) in [5, 5.41) is 0. The number of ether oxygens (including phenoxy) is 3. The second-order valence-electron chi connectivity index (χ2n) is 9.51. The summed E-state index contributed by atoms with van der Waals surface area (Å²) in [5.41, 5.74) is 0.808. The molecule has 1 aliphatic heterocycles. The van der Waals surface area contributed by atoms with Crippen molar-refractivity contribution in [2.45, 2.75) is 30.8 Å². The van der Waals surface area contributed by atoms with Crippen molar-refractivity contribution in [2.24, 2.45) is 5.92 Å². The van der Waals surface area contributed by atoms with E-state index in [-0.39, 0.29) is 24.9 Å². The van der Waals surface area contributed by atoms with Crippen LogP contribution in [0.3, 0.4) is 0 Å². The van der Waals surface area contributed by atoms with E-state index in [1.165, 1.54) is 23.9 Å². The van der Waals surface area contributed by atoms with Crippen LogP contribution >= 0.6 is 0 Å². The Kier molecular flexibility index (Phi) is 7.86. The number of aromatic nitrogens is 2.